The molecule has 0 saturated heterocycles. The lowest BCUT2D eigenvalue weighted by Crippen LogP contribution is -2.32. The molecule has 0 saturated carbocycles. The Kier molecular flexibility index (Phi) is 5.02. The van der Waals surface area contributed by atoms with Gasteiger partial charge in [0.25, 0.3) is 0 Å². The highest BCUT2D eigenvalue weighted by molar-refractivity contribution is 5.93. The molecule has 1 aromatic carbocycles. The molecule has 0 aliphatic heterocycles. The molecule has 2 rings (SSSR count). The van der Waals surface area contributed by atoms with Crippen LogP contribution in [0.3, 0.4) is 0 Å². The van der Waals surface area contributed by atoms with Gasteiger partial charge in [-0.2, -0.15) is 0 Å². The standard InChI is InChI=1S/C17H26N4/c1-5-13(3)21(4)9-8-19-17-10-12(2)20-16-7-6-14(18)11-15(16)17/h6-7,10-11,13H,5,8-9,18H2,1-4H3,(H,19,20). The molecule has 0 aliphatic carbocycles. The molecule has 4 heteroatoms. The molecule has 1 heterocycles. The Morgan fingerprint density at radius 3 is 2.81 bits per heavy atom. The number of anilines is 2. The van der Waals surface area contributed by atoms with Crippen molar-refractivity contribution in [1.82, 2.24) is 9.88 Å². The van der Waals surface area contributed by atoms with Gasteiger partial charge in [0.05, 0.1) is 5.52 Å². The second-order valence-corrected chi connectivity index (χ2v) is 5.75. The summed E-state index contributed by atoms with van der Waals surface area (Å²) in [5, 5.41) is 4.62. The zero-order valence-corrected chi connectivity index (χ0v) is 13.5. The number of nitrogens with zero attached hydrogens (tertiary/aromatic N) is 2. The highest BCUT2D eigenvalue weighted by atomic mass is 15.1. The van der Waals surface area contributed by atoms with E-state index in [1.54, 1.807) is 0 Å². The van der Waals surface area contributed by atoms with E-state index in [4.69, 9.17) is 5.73 Å². The molecule has 0 spiro atoms. The molecule has 1 aromatic heterocycles. The predicted octanol–water partition coefficient (Wildman–Crippen LogP) is 3.27. The lowest BCUT2D eigenvalue weighted by Gasteiger charge is -2.23. The highest BCUT2D eigenvalue weighted by Gasteiger charge is 2.07. The number of benzene rings is 1. The van der Waals surface area contributed by atoms with Crippen LogP contribution in [0.25, 0.3) is 10.9 Å². The van der Waals surface area contributed by atoms with Gasteiger partial charge >= 0.3 is 0 Å². The zero-order valence-electron chi connectivity index (χ0n) is 13.5. The molecule has 0 aliphatic rings. The number of pyridine rings is 1. The van der Waals surface area contributed by atoms with E-state index in [1.807, 2.05) is 25.1 Å². The van der Waals surface area contributed by atoms with Crippen LogP contribution in [0.1, 0.15) is 26.0 Å². The van der Waals surface area contributed by atoms with E-state index in [2.05, 4.69) is 42.2 Å². The summed E-state index contributed by atoms with van der Waals surface area (Å²) in [5.41, 5.74) is 9.79. The normalized spacial score (nSPS) is 12.8. The number of nitrogens with one attached hydrogen (secondary N) is 1. The number of aryl methyl sites for hydroxylation is 1. The van der Waals surface area contributed by atoms with Crippen molar-refractivity contribution in [1.29, 1.82) is 0 Å². The van der Waals surface area contributed by atoms with Crippen molar-refractivity contribution >= 4 is 22.3 Å². The van der Waals surface area contributed by atoms with Gasteiger partial charge in [-0.25, -0.2) is 0 Å². The molecule has 0 bridgehead atoms. The molecule has 1 unspecified atom stereocenters. The van der Waals surface area contributed by atoms with Crippen LogP contribution in [0.15, 0.2) is 24.3 Å². The number of fused-ring (bicyclic) bond motifs is 1. The van der Waals surface area contributed by atoms with Crippen LogP contribution in [0, 0.1) is 6.92 Å². The van der Waals surface area contributed by atoms with Crippen LogP contribution < -0.4 is 11.1 Å². The number of likely N-dealkylation sites (N-methyl/N-ethyl adjacent to an activating group) is 1. The summed E-state index contributed by atoms with van der Waals surface area (Å²) in [6.07, 6.45) is 1.17. The van der Waals surface area contributed by atoms with E-state index in [9.17, 15) is 0 Å². The quantitative estimate of drug-likeness (QED) is 0.800. The SMILES string of the molecule is CCC(C)N(C)CCNc1cc(C)nc2ccc(N)cc12. The van der Waals surface area contributed by atoms with Crippen LogP contribution in [0.5, 0.6) is 0 Å². The largest absolute Gasteiger partial charge is 0.399 e. The second kappa shape index (κ2) is 6.76. The van der Waals surface area contributed by atoms with Gasteiger partial charge < -0.3 is 16.0 Å². The van der Waals surface area contributed by atoms with E-state index in [0.29, 0.717) is 6.04 Å². The van der Waals surface area contributed by atoms with Gasteiger partial charge in [-0.1, -0.05) is 6.92 Å². The summed E-state index contributed by atoms with van der Waals surface area (Å²) in [5.74, 6) is 0. The minimum atomic E-state index is 0.610. The molecular formula is C17H26N4. The molecular weight excluding hydrogens is 260 g/mol. The Morgan fingerprint density at radius 2 is 2.10 bits per heavy atom. The Bertz CT molecular complexity index is 609. The first-order valence-corrected chi connectivity index (χ1v) is 7.62. The minimum Gasteiger partial charge on any atom is -0.399 e. The van der Waals surface area contributed by atoms with Crippen molar-refractivity contribution in [3.05, 3.63) is 30.0 Å². The average molecular weight is 286 g/mol. The van der Waals surface area contributed by atoms with Gasteiger partial charge in [0, 0.05) is 41.6 Å². The first-order chi connectivity index (χ1) is 10.0. The smallest absolute Gasteiger partial charge is 0.0727 e. The van der Waals surface area contributed by atoms with Gasteiger partial charge in [-0.05, 0) is 51.6 Å². The summed E-state index contributed by atoms with van der Waals surface area (Å²) in [6.45, 7) is 8.42. The molecule has 2 aromatic rings. The molecule has 3 N–H and O–H groups in total. The van der Waals surface area contributed by atoms with Crippen LogP contribution in [-0.4, -0.2) is 36.1 Å². The van der Waals surface area contributed by atoms with E-state index < -0.39 is 0 Å². The zero-order chi connectivity index (χ0) is 15.4. The molecule has 1 atom stereocenters. The van der Waals surface area contributed by atoms with Crippen molar-refractivity contribution in [3.63, 3.8) is 0 Å². The fraction of sp³-hybridized carbons (Fsp3) is 0.471. The van der Waals surface area contributed by atoms with E-state index in [0.717, 1.165) is 41.1 Å². The maximum Gasteiger partial charge on any atom is 0.0727 e. The molecule has 21 heavy (non-hydrogen) atoms. The molecule has 4 nitrogen and oxygen atoms in total. The van der Waals surface area contributed by atoms with Crippen molar-refractivity contribution in [3.8, 4) is 0 Å². The first-order valence-electron chi connectivity index (χ1n) is 7.62. The van der Waals surface area contributed by atoms with Crippen LogP contribution in [0.4, 0.5) is 11.4 Å². The maximum absolute atomic E-state index is 5.90. The summed E-state index contributed by atoms with van der Waals surface area (Å²) in [4.78, 5) is 6.93. The van der Waals surface area contributed by atoms with Crippen molar-refractivity contribution < 1.29 is 0 Å². The van der Waals surface area contributed by atoms with Gasteiger partial charge in [0.2, 0.25) is 0 Å². The number of nitrogens with two attached hydrogens (primary N) is 1. The van der Waals surface area contributed by atoms with E-state index in [-0.39, 0.29) is 0 Å². The second-order valence-electron chi connectivity index (χ2n) is 5.75. The number of rotatable bonds is 6. The third-order valence-corrected chi connectivity index (χ3v) is 4.08. The first kappa shape index (κ1) is 15.6. The van der Waals surface area contributed by atoms with E-state index in [1.165, 1.54) is 6.42 Å². The van der Waals surface area contributed by atoms with Crippen LogP contribution >= 0.6 is 0 Å². The Labute approximate surface area is 127 Å². The number of nitrogen functional groups attached to an aromatic ring is 1. The van der Waals surface area contributed by atoms with Crippen molar-refractivity contribution in [2.75, 3.05) is 31.2 Å². The predicted molar refractivity (Wildman–Crippen MR) is 91.8 cm³/mol. The van der Waals surface area contributed by atoms with Gasteiger partial charge in [0.1, 0.15) is 0 Å². The van der Waals surface area contributed by atoms with E-state index >= 15 is 0 Å². The summed E-state index contributed by atoms with van der Waals surface area (Å²) in [6, 6.07) is 8.56. The Morgan fingerprint density at radius 1 is 1.33 bits per heavy atom. The average Bonchev–Trinajstić information content (AvgIpc) is 2.46. The third-order valence-electron chi connectivity index (χ3n) is 4.08. The minimum absolute atomic E-state index is 0.610. The Balaban J connectivity index is 2.12. The number of hydrogen-bond acceptors (Lipinski definition) is 4. The Hall–Kier alpha value is -1.81. The topological polar surface area (TPSA) is 54.2 Å². The fourth-order valence-corrected chi connectivity index (χ4v) is 2.42. The lowest BCUT2D eigenvalue weighted by atomic mass is 10.1. The van der Waals surface area contributed by atoms with Gasteiger partial charge in [-0.3, -0.25) is 4.98 Å². The van der Waals surface area contributed by atoms with Gasteiger partial charge in [0.15, 0.2) is 0 Å². The van der Waals surface area contributed by atoms with Crippen molar-refractivity contribution in [2.24, 2.45) is 0 Å². The monoisotopic (exact) mass is 286 g/mol. The van der Waals surface area contributed by atoms with Gasteiger partial charge in [-0.15, -0.1) is 0 Å². The third kappa shape index (κ3) is 3.85. The molecule has 0 amide bonds. The number of hydrogen-bond donors (Lipinski definition) is 2. The summed E-state index contributed by atoms with van der Waals surface area (Å²) < 4.78 is 0. The van der Waals surface area contributed by atoms with Crippen LogP contribution in [0.2, 0.25) is 0 Å². The highest BCUT2D eigenvalue weighted by Crippen LogP contribution is 2.25. The molecule has 0 radical (unpaired) electrons. The summed E-state index contributed by atoms with van der Waals surface area (Å²) in [7, 11) is 2.17. The maximum atomic E-state index is 5.90. The molecule has 0 fully saturated rings. The fourth-order valence-electron chi connectivity index (χ4n) is 2.42. The lowest BCUT2D eigenvalue weighted by molar-refractivity contribution is 0.261. The van der Waals surface area contributed by atoms with Crippen molar-refractivity contribution in [2.45, 2.75) is 33.2 Å². The number of aromatic nitrogens is 1. The van der Waals surface area contributed by atoms with Crippen LogP contribution in [-0.2, 0) is 0 Å². The summed E-state index contributed by atoms with van der Waals surface area (Å²) >= 11 is 0. The molecule has 114 valence electrons.